The van der Waals surface area contributed by atoms with Crippen LogP contribution < -0.4 is 5.32 Å². The van der Waals surface area contributed by atoms with Crippen LogP contribution in [-0.2, 0) is 14.8 Å². The number of fused-ring (bicyclic) bond motifs is 3. The molecule has 0 fully saturated rings. The van der Waals surface area contributed by atoms with Crippen LogP contribution in [0.4, 0.5) is 5.69 Å². The molecule has 1 amide bonds. The zero-order chi connectivity index (χ0) is 24.3. The van der Waals surface area contributed by atoms with E-state index in [0.29, 0.717) is 24.5 Å². The van der Waals surface area contributed by atoms with Gasteiger partial charge in [0, 0.05) is 36.3 Å². The summed E-state index contributed by atoms with van der Waals surface area (Å²) in [6.45, 7) is 6.48. The molecule has 4 aromatic rings. The van der Waals surface area contributed by atoms with E-state index in [9.17, 15) is 13.2 Å². The summed E-state index contributed by atoms with van der Waals surface area (Å²) in [7, 11) is -3.52. The van der Waals surface area contributed by atoms with Crippen LogP contribution in [-0.4, -0.2) is 52.1 Å². The lowest BCUT2D eigenvalue weighted by Crippen LogP contribution is -2.30. The van der Waals surface area contributed by atoms with Crippen LogP contribution in [0.5, 0.6) is 0 Å². The van der Waals surface area contributed by atoms with Crippen molar-refractivity contribution >= 4 is 49.9 Å². The summed E-state index contributed by atoms with van der Waals surface area (Å²) in [5, 5.41) is 13.3. The Kier molecular flexibility index (Phi) is 7.20. The highest BCUT2D eigenvalue weighted by atomic mass is 32.2. The Bertz CT molecular complexity index is 1430. The number of para-hydroxylation sites is 1. The van der Waals surface area contributed by atoms with Crippen LogP contribution in [0.25, 0.3) is 16.6 Å². The summed E-state index contributed by atoms with van der Waals surface area (Å²) < 4.78 is 28.6. The molecule has 2 aromatic carbocycles. The number of sulfonamides is 1. The molecule has 0 saturated carbocycles. The number of aryl methyl sites for hydroxylation is 1. The molecule has 2 aromatic heterocycles. The number of aromatic nitrogens is 3. The minimum atomic E-state index is -3.52. The second-order valence-electron chi connectivity index (χ2n) is 7.78. The van der Waals surface area contributed by atoms with Gasteiger partial charge in [-0.15, -0.1) is 10.2 Å². The van der Waals surface area contributed by atoms with E-state index in [1.807, 2.05) is 28.7 Å². The lowest BCUT2D eigenvalue weighted by atomic mass is 10.1. The number of nitrogens with zero attached hydrogens (tertiary/aromatic N) is 4. The highest BCUT2D eigenvalue weighted by molar-refractivity contribution is 7.99. The molecule has 2 heterocycles. The summed E-state index contributed by atoms with van der Waals surface area (Å²) in [4.78, 5) is 12.7. The first-order valence-electron chi connectivity index (χ1n) is 11.1. The van der Waals surface area contributed by atoms with Crippen LogP contribution in [0.15, 0.2) is 64.6 Å². The molecule has 1 N–H and O–H groups in total. The number of rotatable bonds is 9. The zero-order valence-corrected chi connectivity index (χ0v) is 21.0. The number of nitrogens with one attached hydrogen (secondary N) is 1. The monoisotopic (exact) mass is 497 g/mol. The number of carbonyl (C=O) groups excluding carboxylic acids is 1. The molecule has 0 saturated heterocycles. The van der Waals surface area contributed by atoms with Crippen molar-refractivity contribution < 1.29 is 13.2 Å². The average molecular weight is 498 g/mol. The van der Waals surface area contributed by atoms with Crippen molar-refractivity contribution in [1.82, 2.24) is 18.9 Å². The molecule has 10 heteroatoms. The SMILES string of the molecule is CCN(CC)S(=O)(=O)c1ccc(NC(=O)CCSc2nnc3cc(C)c4ccccc4n23)cc1. The Hall–Kier alpha value is -2.95. The summed E-state index contributed by atoms with van der Waals surface area (Å²) in [5.74, 6) is 0.379. The van der Waals surface area contributed by atoms with Gasteiger partial charge in [0.05, 0.1) is 10.4 Å². The molecule has 0 radical (unpaired) electrons. The number of benzene rings is 2. The van der Waals surface area contributed by atoms with Crippen molar-refractivity contribution in [2.75, 3.05) is 24.2 Å². The second kappa shape index (κ2) is 10.1. The molecule has 0 aliphatic rings. The third-order valence-corrected chi connectivity index (χ3v) is 8.61. The van der Waals surface area contributed by atoms with Gasteiger partial charge in [-0.2, -0.15) is 4.31 Å². The molecule has 0 atom stereocenters. The van der Waals surface area contributed by atoms with E-state index in [1.165, 1.54) is 28.2 Å². The van der Waals surface area contributed by atoms with E-state index in [4.69, 9.17) is 0 Å². The molecule has 0 spiro atoms. The smallest absolute Gasteiger partial charge is 0.243 e. The standard InChI is InChI=1S/C24H27N5O3S2/c1-4-28(5-2)34(31,32)19-12-10-18(11-13-19)25-23(30)14-15-33-24-27-26-22-16-17(3)20-8-6-7-9-21(20)29(22)24/h6-13,16H,4-5,14-15H2,1-3H3,(H,25,30). The molecule has 178 valence electrons. The molecule has 0 unspecified atom stereocenters. The van der Waals surface area contributed by atoms with E-state index in [2.05, 4.69) is 28.5 Å². The molecule has 0 aliphatic heterocycles. The summed E-state index contributed by atoms with van der Waals surface area (Å²) in [6, 6.07) is 16.4. The molecule has 0 bridgehead atoms. The summed E-state index contributed by atoms with van der Waals surface area (Å²) in [6.07, 6.45) is 0.281. The quantitative estimate of drug-likeness (QED) is 0.346. The van der Waals surface area contributed by atoms with Crippen LogP contribution in [0.2, 0.25) is 0 Å². The van der Waals surface area contributed by atoms with E-state index in [-0.39, 0.29) is 17.2 Å². The van der Waals surface area contributed by atoms with E-state index in [1.54, 1.807) is 26.0 Å². The van der Waals surface area contributed by atoms with Crippen LogP contribution >= 0.6 is 11.8 Å². The number of anilines is 1. The van der Waals surface area contributed by atoms with Crippen molar-refractivity contribution in [1.29, 1.82) is 0 Å². The average Bonchev–Trinajstić information content (AvgIpc) is 3.23. The summed E-state index contributed by atoms with van der Waals surface area (Å²) in [5.41, 5.74) is 3.52. The Morgan fingerprint density at radius 3 is 2.47 bits per heavy atom. The fourth-order valence-electron chi connectivity index (χ4n) is 3.85. The lowest BCUT2D eigenvalue weighted by molar-refractivity contribution is -0.115. The molecular formula is C24H27N5O3S2. The number of hydrogen-bond acceptors (Lipinski definition) is 6. The topological polar surface area (TPSA) is 96.7 Å². The number of carbonyl (C=O) groups is 1. The van der Waals surface area contributed by atoms with Gasteiger partial charge in [0.2, 0.25) is 15.9 Å². The van der Waals surface area contributed by atoms with E-state index >= 15 is 0 Å². The van der Waals surface area contributed by atoms with Gasteiger partial charge >= 0.3 is 0 Å². The largest absolute Gasteiger partial charge is 0.326 e. The molecule has 4 rings (SSSR count). The third kappa shape index (κ3) is 4.79. The minimum absolute atomic E-state index is 0.152. The molecular weight excluding hydrogens is 470 g/mol. The number of pyridine rings is 1. The van der Waals surface area contributed by atoms with Gasteiger partial charge in [0.25, 0.3) is 0 Å². The van der Waals surface area contributed by atoms with Gasteiger partial charge in [-0.05, 0) is 48.9 Å². The Balaban J connectivity index is 1.39. The first-order valence-corrected chi connectivity index (χ1v) is 13.5. The predicted octanol–water partition coefficient (Wildman–Crippen LogP) is 4.34. The number of amides is 1. The number of hydrogen-bond donors (Lipinski definition) is 1. The van der Waals surface area contributed by atoms with E-state index < -0.39 is 10.0 Å². The van der Waals surface area contributed by atoms with Crippen molar-refractivity contribution in [3.63, 3.8) is 0 Å². The lowest BCUT2D eigenvalue weighted by Gasteiger charge is -2.18. The molecule has 0 aliphatic carbocycles. The third-order valence-electron chi connectivity index (χ3n) is 5.62. The number of thioether (sulfide) groups is 1. The van der Waals surface area contributed by atoms with Crippen LogP contribution in [0.1, 0.15) is 25.8 Å². The maximum absolute atomic E-state index is 12.6. The van der Waals surface area contributed by atoms with Gasteiger partial charge in [-0.1, -0.05) is 43.8 Å². The van der Waals surface area contributed by atoms with Gasteiger partial charge < -0.3 is 5.32 Å². The minimum Gasteiger partial charge on any atom is -0.326 e. The Morgan fingerprint density at radius 1 is 1.06 bits per heavy atom. The van der Waals surface area contributed by atoms with E-state index in [0.717, 1.165) is 27.3 Å². The van der Waals surface area contributed by atoms with Crippen molar-refractivity contribution in [2.45, 2.75) is 37.2 Å². The van der Waals surface area contributed by atoms with Crippen LogP contribution in [0, 0.1) is 6.92 Å². The maximum Gasteiger partial charge on any atom is 0.243 e. The van der Waals surface area contributed by atoms with Gasteiger partial charge in [-0.3, -0.25) is 9.20 Å². The molecule has 34 heavy (non-hydrogen) atoms. The maximum atomic E-state index is 12.6. The van der Waals surface area contributed by atoms with Gasteiger partial charge in [-0.25, -0.2) is 8.42 Å². The first-order chi connectivity index (χ1) is 16.3. The van der Waals surface area contributed by atoms with Gasteiger partial charge in [0.15, 0.2) is 10.8 Å². The van der Waals surface area contributed by atoms with Crippen molar-refractivity contribution in [2.24, 2.45) is 0 Å². The van der Waals surface area contributed by atoms with Crippen molar-refractivity contribution in [3.05, 3.63) is 60.2 Å². The highest BCUT2D eigenvalue weighted by Gasteiger charge is 2.21. The van der Waals surface area contributed by atoms with Gasteiger partial charge in [0.1, 0.15) is 0 Å². The zero-order valence-electron chi connectivity index (χ0n) is 19.4. The molecule has 8 nitrogen and oxygen atoms in total. The Labute approximate surface area is 203 Å². The van der Waals surface area contributed by atoms with Crippen molar-refractivity contribution in [3.8, 4) is 0 Å². The summed E-state index contributed by atoms with van der Waals surface area (Å²) >= 11 is 1.47. The first kappa shape index (κ1) is 24.2. The highest BCUT2D eigenvalue weighted by Crippen LogP contribution is 2.26. The second-order valence-corrected chi connectivity index (χ2v) is 10.8. The fourth-order valence-corrected chi connectivity index (χ4v) is 6.20. The normalized spacial score (nSPS) is 12.0. The Morgan fingerprint density at radius 2 is 1.76 bits per heavy atom. The van der Waals surface area contributed by atoms with Crippen LogP contribution in [0.3, 0.4) is 0 Å². The fraction of sp³-hybridized carbons (Fsp3) is 0.292. The predicted molar refractivity (Wildman–Crippen MR) is 136 cm³/mol.